The molecule has 1 fully saturated rings. The lowest BCUT2D eigenvalue weighted by Crippen LogP contribution is -2.44. The van der Waals surface area contributed by atoms with Crippen molar-refractivity contribution in [1.82, 2.24) is 15.2 Å². The number of amides is 1. The van der Waals surface area contributed by atoms with Crippen LogP contribution in [0.5, 0.6) is 0 Å². The fraction of sp³-hybridized carbons (Fsp3) is 0.333. The molecule has 0 radical (unpaired) electrons. The molecule has 1 amide bonds. The summed E-state index contributed by atoms with van der Waals surface area (Å²) in [5, 5.41) is 2.52. The van der Waals surface area contributed by atoms with Crippen LogP contribution in [0, 0.1) is 11.6 Å². The van der Waals surface area contributed by atoms with Crippen molar-refractivity contribution in [2.45, 2.75) is 6.54 Å². The average Bonchev–Trinajstić information content (AvgIpc) is 2.61. The summed E-state index contributed by atoms with van der Waals surface area (Å²) in [5.74, 6) is -1.64. The number of hydrogen-bond acceptors (Lipinski definition) is 4. The topological polar surface area (TPSA) is 48.5 Å². The number of benzene rings is 1. The highest BCUT2D eigenvalue weighted by molar-refractivity contribution is 5.94. The Bertz CT molecular complexity index is 723. The van der Waals surface area contributed by atoms with E-state index >= 15 is 0 Å². The van der Waals surface area contributed by atoms with Gasteiger partial charge in [0.1, 0.15) is 23.0 Å². The van der Waals surface area contributed by atoms with Gasteiger partial charge in [-0.25, -0.2) is 13.8 Å². The van der Waals surface area contributed by atoms with E-state index in [2.05, 4.69) is 27.1 Å². The SMILES string of the molecule is CN1CCN(c2ccc(CNC(=O)c3c(F)cccc3F)cn2)CC1. The van der Waals surface area contributed by atoms with Gasteiger partial charge in [0.2, 0.25) is 0 Å². The lowest BCUT2D eigenvalue weighted by atomic mass is 10.1. The number of rotatable bonds is 4. The molecule has 7 heteroatoms. The van der Waals surface area contributed by atoms with Crippen molar-refractivity contribution in [3.05, 3.63) is 59.3 Å². The smallest absolute Gasteiger partial charge is 0.257 e. The number of anilines is 1. The van der Waals surface area contributed by atoms with Crippen LogP contribution in [-0.4, -0.2) is 49.0 Å². The number of carbonyl (C=O) groups excluding carboxylic acids is 1. The average molecular weight is 346 g/mol. The predicted molar refractivity (Wildman–Crippen MR) is 91.5 cm³/mol. The Morgan fingerprint density at radius 3 is 2.40 bits per heavy atom. The number of piperazine rings is 1. The lowest BCUT2D eigenvalue weighted by molar-refractivity contribution is 0.0942. The maximum absolute atomic E-state index is 13.6. The van der Waals surface area contributed by atoms with Gasteiger partial charge in [-0.15, -0.1) is 0 Å². The predicted octanol–water partition coefficient (Wildman–Crippen LogP) is 2.04. The number of carbonyl (C=O) groups is 1. The number of hydrogen-bond donors (Lipinski definition) is 1. The highest BCUT2D eigenvalue weighted by Gasteiger charge is 2.17. The van der Waals surface area contributed by atoms with E-state index in [1.807, 2.05) is 12.1 Å². The third-order valence-electron chi connectivity index (χ3n) is 4.28. The first kappa shape index (κ1) is 17.3. The molecule has 1 aromatic heterocycles. The van der Waals surface area contributed by atoms with Crippen molar-refractivity contribution in [1.29, 1.82) is 0 Å². The van der Waals surface area contributed by atoms with Gasteiger partial charge in [0.15, 0.2) is 0 Å². The van der Waals surface area contributed by atoms with E-state index in [1.165, 1.54) is 6.07 Å². The highest BCUT2D eigenvalue weighted by Crippen LogP contribution is 2.14. The number of nitrogens with one attached hydrogen (secondary N) is 1. The third-order valence-corrected chi connectivity index (χ3v) is 4.28. The second-order valence-electron chi connectivity index (χ2n) is 6.09. The van der Waals surface area contributed by atoms with Gasteiger partial charge in [-0.1, -0.05) is 12.1 Å². The zero-order valence-electron chi connectivity index (χ0n) is 14.0. The number of likely N-dealkylation sites (N-methyl/N-ethyl adjacent to an activating group) is 1. The van der Waals surface area contributed by atoms with Crippen LogP contribution in [-0.2, 0) is 6.54 Å². The number of pyridine rings is 1. The summed E-state index contributed by atoms with van der Waals surface area (Å²) in [7, 11) is 2.09. The molecule has 25 heavy (non-hydrogen) atoms. The van der Waals surface area contributed by atoms with E-state index in [0.29, 0.717) is 0 Å². The van der Waals surface area contributed by atoms with Gasteiger partial charge < -0.3 is 15.1 Å². The monoisotopic (exact) mass is 346 g/mol. The van der Waals surface area contributed by atoms with E-state index < -0.39 is 23.1 Å². The zero-order chi connectivity index (χ0) is 17.8. The summed E-state index contributed by atoms with van der Waals surface area (Å²) in [6.07, 6.45) is 1.67. The van der Waals surface area contributed by atoms with E-state index in [0.717, 1.165) is 49.7 Å². The van der Waals surface area contributed by atoms with Crippen LogP contribution in [0.1, 0.15) is 15.9 Å². The summed E-state index contributed by atoms with van der Waals surface area (Å²) in [6, 6.07) is 7.10. The van der Waals surface area contributed by atoms with E-state index in [-0.39, 0.29) is 6.54 Å². The maximum Gasteiger partial charge on any atom is 0.257 e. The van der Waals surface area contributed by atoms with Crippen LogP contribution in [0.2, 0.25) is 0 Å². The Morgan fingerprint density at radius 1 is 1.12 bits per heavy atom. The normalized spacial score (nSPS) is 15.2. The number of aromatic nitrogens is 1. The minimum atomic E-state index is -0.874. The molecule has 1 aromatic carbocycles. The first-order valence-corrected chi connectivity index (χ1v) is 8.15. The summed E-state index contributed by atoms with van der Waals surface area (Å²) in [6.45, 7) is 3.99. The van der Waals surface area contributed by atoms with Crippen molar-refractivity contribution in [2.24, 2.45) is 0 Å². The van der Waals surface area contributed by atoms with Gasteiger partial charge in [0, 0.05) is 38.9 Å². The van der Waals surface area contributed by atoms with Crippen LogP contribution in [0.15, 0.2) is 36.5 Å². The second-order valence-corrected chi connectivity index (χ2v) is 6.09. The van der Waals surface area contributed by atoms with Crippen LogP contribution >= 0.6 is 0 Å². The number of halogens is 2. The third kappa shape index (κ3) is 4.11. The molecular formula is C18H20F2N4O. The Balaban J connectivity index is 1.59. The Labute approximate surface area is 145 Å². The van der Waals surface area contributed by atoms with Crippen LogP contribution in [0.3, 0.4) is 0 Å². The van der Waals surface area contributed by atoms with Gasteiger partial charge >= 0.3 is 0 Å². The molecule has 0 saturated carbocycles. The number of nitrogens with zero attached hydrogens (tertiary/aromatic N) is 3. The zero-order valence-corrected chi connectivity index (χ0v) is 14.0. The second kappa shape index (κ2) is 7.57. The Kier molecular flexibility index (Phi) is 5.23. The van der Waals surface area contributed by atoms with Gasteiger partial charge in [-0.05, 0) is 30.8 Å². The Hall–Kier alpha value is -2.54. The summed E-state index contributed by atoms with van der Waals surface area (Å²) in [5.41, 5.74) is 0.201. The maximum atomic E-state index is 13.6. The molecule has 0 aliphatic carbocycles. The molecule has 0 unspecified atom stereocenters. The first-order valence-electron chi connectivity index (χ1n) is 8.15. The molecule has 3 rings (SSSR count). The van der Waals surface area contributed by atoms with Gasteiger partial charge in [0.05, 0.1) is 0 Å². The molecule has 1 N–H and O–H groups in total. The molecule has 1 saturated heterocycles. The van der Waals surface area contributed by atoms with Crippen LogP contribution < -0.4 is 10.2 Å². The molecule has 5 nitrogen and oxygen atoms in total. The summed E-state index contributed by atoms with van der Waals surface area (Å²) >= 11 is 0. The van der Waals surface area contributed by atoms with Crippen molar-refractivity contribution >= 4 is 11.7 Å². The quantitative estimate of drug-likeness (QED) is 0.920. The van der Waals surface area contributed by atoms with Crippen LogP contribution in [0.4, 0.5) is 14.6 Å². The molecular weight excluding hydrogens is 326 g/mol. The fourth-order valence-electron chi connectivity index (χ4n) is 2.73. The van der Waals surface area contributed by atoms with Gasteiger partial charge in [0.25, 0.3) is 5.91 Å². The minimum Gasteiger partial charge on any atom is -0.354 e. The fourth-order valence-corrected chi connectivity index (χ4v) is 2.73. The molecule has 132 valence electrons. The molecule has 0 spiro atoms. The molecule has 2 heterocycles. The highest BCUT2D eigenvalue weighted by atomic mass is 19.1. The molecule has 0 bridgehead atoms. The van der Waals surface area contributed by atoms with E-state index in [1.54, 1.807) is 6.20 Å². The minimum absolute atomic E-state index is 0.155. The summed E-state index contributed by atoms with van der Waals surface area (Å²) < 4.78 is 27.2. The lowest BCUT2D eigenvalue weighted by Gasteiger charge is -2.33. The van der Waals surface area contributed by atoms with Crippen molar-refractivity contribution in [3.8, 4) is 0 Å². The van der Waals surface area contributed by atoms with Crippen molar-refractivity contribution in [3.63, 3.8) is 0 Å². The Morgan fingerprint density at radius 2 is 1.80 bits per heavy atom. The molecule has 1 aliphatic rings. The first-order chi connectivity index (χ1) is 12.0. The van der Waals surface area contributed by atoms with Crippen LogP contribution in [0.25, 0.3) is 0 Å². The summed E-state index contributed by atoms with van der Waals surface area (Å²) in [4.78, 5) is 20.9. The van der Waals surface area contributed by atoms with Gasteiger partial charge in [-0.3, -0.25) is 4.79 Å². The van der Waals surface area contributed by atoms with E-state index in [4.69, 9.17) is 0 Å². The molecule has 0 atom stereocenters. The molecule has 2 aromatic rings. The van der Waals surface area contributed by atoms with Crippen molar-refractivity contribution < 1.29 is 13.6 Å². The van der Waals surface area contributed by atoms with Gasteiger partial charge in [-0.2, -0.15) is 0 Å². The largest absolute Gasteiger partial charge is 0.354 e. The van der Waals surface area contributed by atoms with E-state index in [9.17, 15) is 13.6 Å². The van der Waals surface area contributed by atoms with Crippen molar-refractivity contribution in [2.75, 3.05) is 38.1 Å². The standard InChI is InChI=1S/C18H20F2N4O/c1-23-7-9-24(10-8-23)16-6-5-13(11-21-16)12-22-18(25)17-14(19)3-2-4-15(17)20/h2-6,11H,7-10,12H2,1H3,(H,22,25). The molecule has 1 aliphatic heterocycles.